The smallest absolute Gasteiger partial charge is 0.118 e. The standard InChI is InChI=1S/C30H32BrNO2/c1-4-26(28-21-32(20-8-7-19-31)29-10-6-5-9-27(28)29)30(22-11-15-24(33-2)16-12-22)23-13-17-25(34-3)18-14-23/h5-6,9-18,21H,4,7-8,19-20H2,1-3H3. The van der Waals surface area contributed by atoms with Gasteiger partial charge in [0.2, 0.25) is 0 Å². The van der Waals surface area contributed by atoms with E-state index < -0.39 is 0 Å². The highest BCUT2D eigenvalue weighted by atomic mass is 79.9. The van der Waals surface area contributed by atoms with Gasteiger partial charge in [-0.05, 0) is 71.9 Å². The predicted octanol–water partition coefficient (Wildman–Crippen LogP) is 8.20. The number of fused-ring (bicyclic) bond motifs is 1. The summed E-state index contributed by atoms with van der Waals surface area (Å²) in [5, 5.41) is 2.34. The number of alkyl halides is 1. The fourth-order valence-electron chi connectivity index (χ4n) is 4.58. The number of aromatic nitrogens is 1. The van der Waals surface area contributed by atoms with E-state index in [-0.39, 0.29) is 0 Å². The molecule has 0 bridgehead atoms. The molecule has 0 aliphatic heterocycles. The van der Waals surface area contributed by atoms with Crippen molar-refractivity contribution in [2.45, 2.75) is 32.7 Å². The highest BCUT2D eigenvalue weighted by Gasteiger charge is 2.18. The molecule has 0 saturated carbocycles. The fraction of sp³-hybridized carbons (Fsp3) is 0.267. The van der Waals surface area contributed by atoms with Gasteiger partial charge >= 0.3 is 0 Å². The Balaban J connectivity index is 1.94. The predicted molar refractivity (Wildman–Crippen MR) is 147 cm³/mol. The van der Waals surface area contributed by atoms with Gasteiger partial charge in [-0.1, -0.05) is 65.3 Å². The van der Waals surface area contributed by atoms with E-state index in [2.05, 4.69) is 82.1 Å². The van der Waals surface area contributed by atoms with Crippen LogP contribution in [-0.4, -0.2) is 24.1 Å². The van der Waals surface area contributed by atoms with Crippen molar-refractivity contribution in [2.24, 2.45) is 0 Å². The largest absolute Gasteiger partial charge is 0.497 e. The van der Waals surface area contributed by atoms with Crippen molar-refractivity contribution < 1.29 is 9.47 Å². The lowest BCUT2D eigenvalue weighted by atomic mass is 9.88. The fourth-order valence-corrected chi connectivity index (χ4v) is 4.98. The van der Waals surface area contributed by atoms with Crippen molar-refractivity contribution in [3.63, 3.8) is 0 Å². The van der Waals surface area contributed by atoms with E-state index in [1.807, 2.05) is 24.3 Å². The number of halogens is 1. The topological polar surface area (TPSA) is 23.4 Å². The molecule has 0 fully saturated rings. The molecule has 0 radical (unpaired) electrons. The number of para-hydroxylation sites is 1. The first-order valence-corrected chi connectivity index (χ1v) is 13.0. The van der Waals surface area contributed by atoms with Gasteiger partial charge in [0.05, 0.1) is 14.2 Å². The molecule has 176 valence electrons. The molecule has 0 atom stereocenters. The van der Waals surface area contributed by atoms with Crippen LogP contribution in [0.4, 0.5) is 0 Å². The van der Waals surface area contributed by atoms with Gasteiger partial charge in [0, 0.05) is 34.5 Å². The summed E-state index contributed by atoms with van der Waals surface area (Å²) < 4.78 is 13.3. The van der Waals surface area contributed by atoms with E-state index >= 15 is 0 Å². The average Bonchev–Trinajstić information content (AvgIpc) is 3.26. The maximum atomic E-state index is 5.42. The molecule has 4 rings (SSSR count). The van der Waals surface area contributed by atoms with Gasteiger partial charge in [0.15, 0.2) is 0 Å². The van der Waals surface area contributed by atoms with Crippen LogP contribution in [0.3, 0.4) is 0 Å². The number of unbranched alkanes of at least 4 members (excludes halogenated alkanes) is 1. The number of hydrogen-bond acceptors (Lipinski definition) is 2. The Bertz CT molecular complexity index is 1200. The summed E-state index contributed by atoms with van der Waals surface area (Å²) >= 11 is 3.57. The molecule has 34 heavy (non-hydrogen) atoms. The number of methoxy groups -OCH3 is 2. The van der Waals surface area contributed by atoms with Crippen LogP contribution in [0, 0.1) is 0 Å². The van der Waals surface area contributed by atoms with Crippen LogP contribution in [0.1, 0.15) is 42.9 Å². The average molecular weight is 518 g/mol. The molecular formula is C30H32BrNO2. The van der Waals surface area contributed by atoms with Gasteiger partial charge in [0.1, 0.15) is 11.5 Å². The lowest BCUT2D eigenvalue weighted by Gasteiger charge is -2.16. The highest BCUT2D eigenvalue weighted by Crippen LogP contribution is 2.39. The Kier molecular flexibility index (Phi) is 8.12. The van der Waals surface area contributed by atoms with Crippen LogP contribution in [0.2, 0.25) is 0 Å². The van der Waals surface area contributed by atoms with Gasteiger partial charge in [0.25, 0.3) is 0 Å². The minimum atomic E-state index is 0.860. The summed E-state index contributed by atoms with van der Waals surface area (Å²) in [7, 11) is 3.41. The Hall–Kier alpha value is -2.98. The van der Waals surface area contributed by atoms with Gasteiger partial charge < -0.3 is 14.0 Å². The lowest BCUT2D eigenvalue weighted by Crippen LogP contribution is -1.97. The molecule has 0 aliphatic rings. The van der Waals surface area contributed by atoms with Crippen LogP contribution in [0.15, 0.2) is 79.0 Å². The van der Waals surface area contributed by atoms with E-state index in [0.717, 1.165) is 36.2 Å². The third-order valence-electron chi connectivity index (χ3n) is 6.31. The Morgan fingerprint density at radius 3 is 1.91 bits per heavy atom. The lowest BCUT2D eigenvalue weighted by molar-refractivity contribution is 0.414. The summed E-state index contributed by atoms with van der Waals surface area (Å²) in [6, 6.07) is 25.5. The number of nitrogens with zero attached hydrogens (tertiary/aromatic N) is 1. The second kappa shape index (κ2) is 11.4. The number of benzene rings is 3. The van der Waals surface area contributed by atoms with Gasteiger partial charge in [-0.25, -0.2) is 0 Å². The van der Waals surface area contributed by atoms with Crippen molar-refractivity contribution >= 4 is 38.0 Å². The van der Waals surface area contributed by atoms with E-state index in [1.54, 1.807) is 14.2 Å². The molecule has 1 heterocycles. The second-order valence-corrected chi connectivity index (χ2v) is 9.11. The molecule has 0 N–H and O–H groups in total. The molecule has 1 aromatic heterocycles. The molecule has 0 amide bonds. The van der Waals surface area contributed by atoms with Crippen LogP contribution >= 0.6 is 15.9 Å². The van der Waals surface area contributed by atoms with E-state index in [9.17, 15) is 0 Å². The first kappa shape index (κ1) is 24.2. The first-order chi connectivity index (χ1) is 16.7. The third-order valence-corrected chi connectivity index (χ3v) is 6.87. The maximum Gasteiger partial charge on any atom is 0.118 e. The van der Waals surface area contributed by atoms with Crippen molar-refractivity contribution in [1.82, 2.24) is 4.57 Å². The molecule has 0 unspecified atom stereocenters. The monoisotopic (exact) mass is 517 g/mol. The van der Waals surface area contributed by atoms with Crippen molar-refractivity contribution in [3.05, 3.63) is 95.7 Å². The number of ether oxygens (including phenoxy) is 2. The third kappa shape index (κ3) is 5.07. The second-order valence-electron chi connectivity index (χ2n) is 8.31. The zero-order valence-corrected chi connectivity index (χ0v) is 21.8. The summed E-state index contributed by atoms with van der Waals surface area (Å²) in [6.07, 6.45) is 5.59. The Morgan fingerprint density at radius 2 is 1.38 bits per heavy atom. The van der Waals surface area contributed by atoms with E-state index in [0.29, 0.717) is 0 Å². The quantitative estimate of drug-likeness (QED) is 0.156. The SMILES string of the molecule is CCC(=C(c1ccc(OC)cc1)c1ccc(OC)cc1)c1cn(CCCCBr)c2ccccc12. The first-order valence-electron chi connectivity index (χ1n) is 11.9. The summed E-state index contributed by atoms with van der Waals surface area (Å²) in [5.74, 6) is 1.72. The molecule has 4 aromatic rings. The molecule has 0 saturated heterocycles. The summed E-state index contributed by atoms with van der Waals surface area (Å²) in [5.41, 5.74) is 7.54. The molecular weight excluding hydrogens is 486 g/mol. The van der Waals surface area contributed by atoms with Gasteiger partial charge in [-0.15, -0.1) is 0 Å². The van der Waals surface area contributed by atoms with Crippen LogP contribution in [0.25, 0.3) is 22.0 Å². The van der Waals surface area contributed by atoms with Crippen molar-refractivity contribution in [1.29, 1.82) is 0 Å². The van der Waals surface area contributed by atoms with Crippen LogP contribution < -0.4 is 9.47 Å². The van der Waals surface area contributed by atoms with Gasteiger partial charge in [-0.3, -0.25) is 0 Å². The van der Waals surface area contributed by atoms with Crippen LogP contribution in [-0.2, 0) is 6.54 Å². The number of aryl methyl sites for hydroxylation is 1. The number of allylic oxidation sites excluding steroid dienone is 1. The van der Waals surface area contributed by atoms with Gasteiger partial charge in [-0.2, -0.15) is 0 Å². The maximum absolute atomic E-state index is 5.42. The minimum absolute atomic E-state index is 0.860. The zero-order valence-electron chi connectivity index (χ0n) is 20.2. The minimum Gasteiger partial charge on any atom is -0.497 e. The van der Waals surface area contributed by atoms with Crippen molar-refractivity contribution in [2.75, 3.05) is 19.5 Å². The number of hydrogen-bond donors (Lipinski definition) is 0. The Labute approximate surface area is 211 Å². The molecule has 0 spiro atoms. The summed E-state index contributed by atoms with van der Waals surface area (Å²) in [4.78, 5) is 0. The molecule has 0 aliphatic carbocycles. The highest BCUT2D eigenvalue weighted by molar-refractivity contribution is 9.09. The molecule has 4 heteroatoms. The molecule has 3 nitrogen and oxygen atoms in total. The van der Waals surface area contributed by atoms with E-state index in [1.165, 1.54) is 45.2 Å². The summed E-state index contributed by atoms with van der Waals surface area (Å²) in [6.45, 7) is 3.27. The Morgan fingerprint density at radius 1 is 0.794 bits per heavy atom. The van der Waals surface area contributed by atoms with Crippen LogP contribution in [0.5, 0.6) is 11.5 Å². The van der Waals surface area contributed by atoms with E-state index in [4.69, 9.17) is 9.47 Å². The van der Waals surface area contributed by atoms with Crippen molar-refractivity contribution in [3.8, 4) is 11.5 Å². The zero-order chi connectivity index (χ0) is 23.9. The number of rotatable bonds is 10. The normalized spacial score (nSPS) is 10.9. The molecule has 3 aromatic carbocycles.